The summed E-state index contributed by atoms with van der Waals surface area (Å²) in [4.78, 5) is 17.0. The lowest BCUT2D eigenvalue weighted by Gasteiger charge is -2.26. The van der Waals surface area contributed by atoms with Crippen LogP contribution in [-0.4, -0.2) is 35.7 Å². The van der Waals surface area contributed by atoms with Gasteiger partial charge in [0.2, 0.25) is 5.91 Å². The minimum Gasteiger partial charge on any atom is -0.460 e. The Morgan fingerprint density at radius 3 is 2.94 bits per heavy atom. The number of ether oxygens (including phenoxy) is 1. The molecule has 2 aliphatic rings. The second-order valence-corrected chi connectivity index (χ2v) is 8.79. The Kier molecular flexibility index (Phi) is 6.25. The maximum atomic E-state index is 12.1. The van der Waals surface area contributed by atoms with Gasteiger partial charge in [-0.15, -0.1) is 0 Å². The van der Waals surface area contributed by atoms with E-state index in [2.05, 4.69) is 40.2 Å². The Bertz CT molecular complexity index is 981. The fraction of sp³-hybridized carbons (Fsp3) is 0.417. The Morgan fingerprint density at radius 2 is 2.10 bits per heavy atom. The molecule has 7 heteroatoms. The topological polar surface area (TPSA) is 95.0 Å². The average Bonchev–Trinajstić information content (AvgIpc) is 2.73. The minimum absolute atomic E-state index is 0.115. The van der Waals surface area contributed by atoms with E-state index in [1.165, 1.54) is 11.1 Å². The highest BCUT2D eigenvalue weighted by Gasteiger charge is 2.22. The van der Waals surface area contributed by atoms with Gasteiger partial charge in [-0.05, 0) is 62.4 Å². The van der Waals surface area contributed by atoms with Crippen molar-refractivity contribution in [2.75, 3.05) is 23.7 Å². The first kappa shape index (κ1) is 21.3. The SMILES string of the molecule is CC(C)(O)CNCC(=O)Nc1ccc2c(c1)COC(=NC1CCCc3ccccc31)N2. The Hall–Kier alpha value is -2.90. The lowest BCUT2D eigenvalue weighted by molar-refractivity contribution is -0.115. The average molecular weight is 423 g/mol. The molecule has 0 bridgehead atoms. The van der Waals surface area contributed by atoms with Crippen LogP contribution in [0, 0.1) is 0 Å². The molecule has 1 unspecified atom stereocenters. The van der Waals surface area contributed by atoms with Crippen molar-refractivity contribution in [2.24, 2.45) is 4.99 Å². The number of aliphatic imine (C=N–C) groups is 1. The summed E-state index contributed by atoms with van der Waals surface area (Å²) < 4.78 is 5.87. The second-order valence-electron chi connectivity index (χ2n) is 8.79. The molecule has 4 rings (SSSR count). The number of hydrogen-bond acceptors (Lipinski definition) is 5. The summed E-state index contributed by atoms with van der Waals surface area (Å²) in [5, 5.41) is 18.8. The molecule has 0 aromatic heterocycles. The van der Waals surface area contributed by atoms with E-state index in [1.807, 2.05) is 18.2 Å². The highest BCUT2D eigenvalue weighted by molar-refractivity contribution is 5.95. The highest BCUT2D eigenvalue weighted by atomic mass is 16.5. The van der Waals surface area contributed by atoms with Crippen LogP contribution in [0.4, 0.5) is 11.4 Å². The fourth-order valence-electron chi connectivity index (χ4n) is 3.97. The standard InChI is InChI=1S/C24H30N4O3/c1-24(2,30)15-25-13-22(29)26-18-10-11-20-17(12-18)14-31-23(27-20)28-21-9-5-7-16-6-3-4-8-19(16)21/h3-4,6,8,10-12,21,25,30H,5,7,9,13-15H2,1-2H3,(H,26,29)(H,27,28). The van der Waals surface area contributed by atoms with E-state index in [9.17, 15) is 9.90 Å². The summed E-state index contributed by atoms with van der Waals surface area (Å²) in [6.07, 6.45) is 3.25. The van der Waals surface area contributed by atoms with Crippen LogP contribution in [0.25, 0.3) is 0 Å². The number of benzene rings is 2. The van der Waals surface area contributed by atoms with Gasteiger partial charge in [-0.1, -0.05) is 24.3 Å². The van der Waals surface area contributed by atoms with Crippen LogP contribution in [-0.2, 0) is 22.6 Å². The molecule has 164 valence electrons. The third kappa shape index (κ3) is 5.62. The molecular weight excluding hydrogens is 392 g/mol. The quantitative estimate of drug-likeness (QED) is 0.573. The van der Waals surface area contributed by atoms with Crippen molar-refractivity contribution in [2.45, 2.75) is 51.4 Å². The summed E-state index contributed by atoms with van der Waals surface area (Å²) in [5.74, 6) is -0.160. The maximum absolute atomic E-state index is 12.1. The first-order valence-corrected chi connectivity index (χ1v) is 10.8. The number of anilines is 2. The van der Waals surface area contributed by atoms with Crippen molar-refractivity contribution in [1.82, 2.24) is 5.32 Å². The molecule has 2 aromatic rings. The second kappa shape index (κ2) is 9.08. The molecule has 1 aliphatic heterocycles. The maximum Gasteiger partial charge on any atom is 0.290 e. The van der Waals surface area contributed by atoms with E-state index in [-0.39, 0.29) is 18.5 Å². The molecule has 0 saturated carbocycles. The van der Waals surface area contributed by atoms with Crippen LogP contribution in [0.5, 0.6) is 0 Å². The van der Waals surface area contributed by atoms with Gasteiger partial charge >= 0.3 is 0 Å². The zero-order valence-electron chi connectivity index (χ0n) is 18.1. The molecule has 31 heavy (non-hydrogen) atoms. The van der Waals surface area contributed by atoms with Crippen LogP contribution in [0.1, 0.15) is 49.4 Å². The number of hydrogen-bond donors (Lipinski definition) is 4. The predicted octanol–water partition coefficient (Wildman–Crippen LogP) is 3.36. The third-order valence-corrected chi connectivity index (χ3v) is 5.45. The molecule has 1 aliphatic carbocycles. The number of aliphatic hydroxyl groups is 1. The number of nitrogens with zero attached hydrogens (tertiary/aromatic N) is 1. The number of amidine groups is 1. The zero-order chi connectivity index (χ0) is 21.8. The molecule has 1 heterocycles. The molecule has 0 fully saturated rings. The van der Waals surface area contributed by atoms with Gasteiger partial charge in [-0.25, -0.2) is 4.99 Å². The van der Waals surface area contributed by atoms with Gasteiger partial charge in [0.05, 0.1) is 18.2 Å². The Morgan fingerprint density at radius 1 is 1.26 bits per heavy atom. The summed E-state index contributed by atoms with van der Waals surface area (Å²) in [6, 6.07) is 14.8. The van der Waals surface area contributed by atoms with Crippen molar-refractivity contribution in [3.8, 4) is 0 Å². The number of rotatable bonds is 6. The summed E-state index contributed by atoms with van der Waals surface area (Å²) in [7, 11) is 0. The van der Waals surface area contributed by atoms with Gasteiger partial charge < -0.3 is 25.8 Å². The van der Waals surface area contributed by atoms with Gasteiger partial charge in [0.25, 0.3) is 6.02 Å². The molecule has 0 spiro atoms. The van der Waals surface area contributed by atoms with E-state index >= 15 is 0 Å². The Balaban J connectivity index is 1.38. The molecule has 4 N–H and O–H groups in total. The molecule has 1 amide bonds. The predicted molar refractivity (Wildman–Crippen MR) is 122 cm³/mol. The van der Waals surface area contributed by atoms with Crippen molar-refractivity contribution in [3.63, 3.8) is 0 Å². The smallest absolute Gasteiger partial charge is 0.290 e. The number of carbonyl (C=O) groups is 1. The fourth-order valence-corrected chi connectivity index (χ4v) is 3.97. The lowest BCUT2D eigenvalue weighted by atomic mass is 9.88. The summed E-state index contributed by atoms with van der Waals surface area (Å²) in [6.45, 7) is 4.26. The molecule has 2 aromatic carbocycles. The molecule has 0 radical (unpaired) electrons. The largest absolute Gasteiger partial charge is 0.460 e. The van der Waals surface area contributed by atoms with Crippen LogP contribution in [0.2, 0.25) is 0 Å². The first-order chi connectivity index (χ1) is 14.9. The minimum atomic E-state index is -0.853. The monoisotopic (exact) mass is 422 g/mol. The molecular formula is C24H30N4O3. The van der Waals surface area contributed by atoms with Crippen molar-refractivity contribution >= 4 is 23.3 Å². The van der Waals surface area contributed by atoms with Crippen LogP contribution < -0.4 is 16.0 Å². The normalized spacial score (nSPS) is 19.1. The molecule has 1 atom stereocenters. The lowest BCUT2D eigenvalue weighted by Crippen LogP contribution is -2.38. The molecule has 0 saturated heterocycles. The highest BCUT2D eigenvalue weighted by Crippen LogP contribution is 2.33. The van der Waals surface area contributed by atoms with Crippen molar-refractivity contribution in [3.05, 3.63) is 59.2 Å². The Labute approximate surface area is 182 Å². The summed E-state index contributed by atoms with van der Waals surface area (Å²) in [5.41, 5.74) is 4.41. The van der Waals surface area contributed by atoms with E-state index < -0.39 is 5.60 Å². The van der Waals surface area contributed by atoms with Crippen molar-refractivity contribution in [1.29, 1.82) is 0 Å². The van der Waals surface area contributed by atoms with Crippen LogP contribution in [0.15, 0.2) is 47.5 Å². The van der Waals surface area contributed by atoms with Crippen LogP contribution >= 0.6 is 0 Å². The summed E-state index contributed by atoms with van der Waals surface area (Å²) >= 11 is 0. The van der Waals surface area contributed by atoms with Crippen molar-refractivity contribution < 1.29 is 14.6 Å². The van der Waals surface area contributed by atoms with Gasteiger partial charge in [0.15, 0.2) is 0 Å². The van der Waals surface area contributed by atoms with E-state index in [0.717, 1.165) is 30.5 Å². The number of fused-ring (bicyclic) bond motifs is 2. The van der Waals surface area contributed by atoms with E-state index in [4.69, 9.17) is 9.73 Å². The van der Waals surface area contributed by atoms with Gasteiger partial charge in [-0.2, -0.15) is 0 Å². The number of aryl methyl sites for hydroxylation is 1. The third-order valence-electron chi connectivity index (χ3n) is 5.45. The van der Waals surface area contributed by atoms with E-state index in [1.54, 1.807) is 13.8 Å². The molecule has 7 nitrogen and oxygen atoms in total. The van der Waals surface area contributed by atoms with Crippen LogP contribution in [0.3, 0.4) is 0 Å². The number of amides is 1. The number of nitrogens with one attached hydrogen (secondary N) is 3. The van der Waals surface area contributed by atoms with Gasteiger partial charge in [-0.3, -0.25) is 4.79 Å². The first-order valence-electron chi connectivity index (χ1n) is 10.8. The zero-order valence-corrected chi connectivity index (χ0v) is 18.1. The van der Waals surface area contributed by atoms with E-state index in [0.29, 0.717) is 24.9 Å². The number of carbonyl (C=O) groups excluding carboxylic acids is 1. The van der Waals surface area contributed by atoms with Gasteiger partial charge in [0, 0.05) is 23.5 Å². The van der Waals surface area contributed by atoms with Gasteiger partial charge in [0.1, 0.15) is 6.61 Å².